The van der Waals surface area contributed by atoms with E-state index in [1.165, 1.54) is 0 Å². The second-order valence-electron chi connectivity index (χ2n) is 9.90. The number of hydrogen-bond acceptors (Lipinski definition) is 2. The van der Waals surface area contributed by atoms with Gasteiger partial charge in [-0.1, -0.05) is 6.92 Å². The van der Waals surface area contributed by atoms with Crippen molar-refractivity contribution in [3.63, 3.8) is 0 Å². The fourth-order valence-corrected chi connectivity index (χ4v) is 7.54. The summed E-state index contributed by atoms with van der Waals surface area (Å²) in [4.78, 5) is 0. The first kappa shape index (κ1) is 17.2. The Balaban J connectivity index is 1.68. The van der Waals surface area contributed by atoms with Gasteiger partial charge < -0.3 is 10.2 Å². The summed E-state index contributed by atoms with van der Waals surface area (Å²) >= 11 is 0. The Hall–Kier alpha value is -0.220. The molecule has 2 nitrogen and oxygen atoms in total. The van der Waals surface area contributed by atoms with Crippen LogP contribution in [0.5, 0.6) is 0 Å². The summed E-state index contributed by atoms with van der Waals surface area (Å²) in [7, 11) is 0. The molecule has 0 aliphatic heterocycles. The van der Waals surface area contributed by atoms with E-state index in [9.17, 15) is 19.0 Å². The topological polar surface area (TPSA) is 40.5 Å². The highest BCUT2D eigenvalue weighted by Gasteiger charge is 2.65. The van der Waals surface area contributed by atoms with Gasteiger partial charge in [-0.2, -0.15) is 0 Å². The Morgan fingerprint density at radius 1 is 0.917 bits per heavy atom. The molecule has 4 rings (SSSR count). The van der Waals surface area contributed by atoms with Crippen molar-refractivity contribution in [2.75, 3.05) is 0 Å². The Kier molecular flexibility index (Phi) is 3.86. The third kappa shape index (κ3) is 2.17. The highest BCUT2D eigenvalue weighted by molar-refractivity contribution is 5.12. The fraction of sp³-hybridized carbons (Fsp3) is 1.00. The molecular formula is C20H32F2O2. The number of aliphatic hydroxyl groups is 2. The largest absolute Gasteiger partial charge is 0.393 e. The predicted molar refractivity (Wildman–Crippen MR) is 88.7 cm³/mol. The highest BCUT2D eigenvalue weighted by atomic mass is 19.3. The zero-order chi connectivity index (χ0) is 17.3. The average Bonchev–Trinajstić information content (AvgIpc) is 2.81. The molecule has 0 heterocycles. The molecule has 4 aliphatic carbocycles. The molecule has 0 radical (unpaired) electrons. The Morgan fingerprint density at radius 3 is 2.38 bits per heavy atom. The van der Waals surface area contributed by atoms with Gasteiger partial charge in [-0.25, -0.2) is 8.78 Å². The van der Waals surface area contributed by atoms with Crippen LogP contribution in [0, 0.1) is 34.5 Å². The molecule has 4 fully saturated rings. The standard InChI is InChI=1S/C20H32F2O2/c1-18(24)9-10-20(17(21)22)12(11-18)3-4-13-14-5-6-16(23)19(14,2)8-7-15(13)20/h12-17,23-24H,3-11H2,1-2H3/t12?,13-,14-,15-,16?,18+,19-,20+/m0/s1. The number of alkyl halides is 2. The summed E-state index contributed by atoms with van der Waals surface area (Å²) in [5, 5.41) is 20.9. The maximum atomic E-state index is 14.5. The molecule has 0 bridgehead atoms. The molecule has 0 saturated heterocycles. The Bertz CT molecular complexity index is 508. The van der Waals surface area contributed by atoms with Gasteiger partial charge in [-0.15, -0.1) is 0 Å². The zero-order valence-corrected chi connectivity index (χ0v) is 15.0. The summed E-state index contributed by atoms with van der Waals surface area (Å²) in [5.41, 5.74) is -1.72. The lowest BCUT2D eigenvalue weighted by atomic mass is 9.44. The summed E-state index contributed by atoms with van der Waals surface area (Å²) in [6.07, 6.45) is 4.34. The first-order chi connectivity index (χ1) is 11.2. The molecule has 4 heteroatoms. The summed E-state index contributed by atoms with van der Waals surface area (Å²) in [5.74, 6) is 0.786. The molecular weight excluding hydrogens is 310 g/mol. The van der Waals surface area contributed by atoms with Crippen molar-refractivity contribution in [2.24, 2.45) is 34.5 Å². The van der Waals surface area contributed by atoms with Gasteiger partial charge in [0.2, 0.25) is 6.43 Å². The van der Waals surface area contributed by atoms with Crippen LogP contribution in [-0.4, -0.2) is 28.3 Å². The van der Waals surface area contributed by atoms with Crippen LogP contribution in [0.15, 0.2) is 0 Å². The third-order valence-corrected chi connectivity index (χ3v) is 8.87. The van der Waals surface area contributed by atoms with E-state index in [1.807, 2.05) is 6.92 Å². The molecule has 4 saturated carbocycles. The van der Waals surface area contributed by atoms with Crippen LogP contribution in [0.25, 0.3) is 0 Å². The number of rotatable bonds is 1. The van der Waals surface area contributed by atoms with Crippen molar-refractivity contribution in [1.82, 2.24) is 0 Å². The zero-order valence-electron chi connectivity index (χ0n) is 15.0. The van der Waals surface area contributed by atoms with Gasteiger partial charge in [-0.3, -0.25) is 0 Å². The molecule has 0 aromatic carbocycles. The number of hydrogen-bond donors (Lipinski definition) is 2. The van der Waals surface area contributed by atoms with Crippen molar-refractivity contribution in [1.29, 1.82) is 0 Å². The molecule has 4 aliphatic rings. The Labute approximate surface area is 144 Å². The predicted octanol–water partition coefficient (Wildman–Crippen LogP) is 4.39. The number of halogens is 2. The minimum absolute atomic E-state index is 0.0433. The highest BCUT2D eigenvalue weighted by Crippen LogP contribution is 2.68. The lowest BCUT2D eigenvalue weighted by Gasteiger charge is -2.62. The van der Waals surface area contributed by atoms with Gasteiger partial charge in [0.25, 0.3) is 0 Å². The quantitative estimate of drug-likeness (QED) is 0.742. The first-order valence-electron chi connectivity index (χ1n) is 9.89. The van der Waals surface area contributed by atoms with Crippen LogP contribution < -0.4 is 0 Å². The third-order valence-electron chi connectivity index (χ3n) is 8.87. The molecule has 0 spiro atoms. The minimum atomic E-state index is -2.29. The molecule has 8 atom stereocenters. The normalized spacial score (nSPS) is 57.4. The van der Waals surface area contributed by atoms with Gasteiger partial charge in [-0.05, 0) is 93.8 Å². The van der Waals surface area contributed by atoms with Crippen LogP contribution in [0.4, 0.5) is 8.78 Å². The molecule has 2 unspecified atom stereocenters. The van der Waals surface area contributed by atoms with E-state index in [2.05, 4.69) is 6.92 Å². The second kappa shape index (κ2) is 5.39. The maximum Gasteiger partial charge on any atom is 0.244 e. The minimum Gasteiger partial charge on any atom is -0.393 e. The molecule has 0 aromatic heterocycles. The molecule has 24 heavy (non-hydrogen) atoms. The fourth-order valence-electron chi connectivity index (χ4n) is 7.54. The molecule has 138 valence electrons. The van der Waals surface area contributed by atoms with E-state index < -0.39 is 17.4 Å². The maximum absolute atomic E-state index is 14.5. The van der Waals surface area contributed by atoms with Crippen LogP contribution >= 0.6 is 0 Å². The van der Waals surface area contributed by atoms with E-state index >= 15 is 0 Å². The van der Waals surface area contributed by atoms with E-state index in [0.29, 0.717) is 31.1 Å². The molecule has 0 amide bonds. The van der Waals surface area contributed by atoms with Crippen LogP contribution in [0.2, 0.25) is 0 Å². The van der Waals surface area contributed by atoms with Gasteiger partial charge in [0.05, 0.1) is 11.7 Å². The summed E-state index contributed by atoms with van der Waals surface area (Å²) < 4.78 is 28.9. The van der Waals surface area contributed by atoms with Crippen molar-refractivity contribution in [2.45, 2.75) is 89.8 Å². The van der Waals surface area contributed by atoms with Gasteiger partial charge >= 0.3 is 0 Å². The SMILES string of the molecule is C[C@@]1(O)CC[C@@]2(C(F)F)C(CC[C@@H]3[C@@H]2CC[C@]2(C)C(O)CC[C@@H]32)C1. The average molecular weight is 342 g/mol. The number of aliphatic hydroxyl groups excluding tert-OH is 1. The van der Waals surface area contributed by atoms with E-state index in [0.717, 1.165) is 38.5 Å². The van der Waals surface area contributed by atoms with Gasteiger partial charge in [0, 0.05) is 5.41 Å². The second-order valence-corrected chi connectivity index (χ2v) is 9.90. The molecule has 0 aromatic rings. The first-order valence-corrected chi connectivity index (χ1v) is 9.89. The lowest BCUT2D eigenvalue weighted by Crippen LogP contribution is -2.59. The summed E-state index contributed by atoms with van der Waals surface area (Å²) in [6.45, 7) is 4.01. The smallest absolute Gasteiger partial charge is 0.244 e. The van der Waals surface area contributed by atoms with Crippen molar-refractivity contribution in [3.8, 4) is 0 Å². The van der Waals surface area contributed by atoms with E-state index in [-0.39, 0.29) is 23.4 Å². The summed E-state index contributed by atoms with van der Waals surface area (Å²) in [6, 6.07) is 0. The van der Waals surface area contributed by atoms with Crippen LogP contribution in [0.1, 0.15) is 71.6 Å². The van der Waals surface area contributed by atoms with E-state index in [4.69, 9.17) is 0 Å². The lowest BCUT2D eigenvalue weighted by molar-refractivity contribution is -0.209. The molecule has 2 N–H and O–H groups in total. The van der Waals surface area contributed by atoms with E-state index in [1.54, 1.807) is 0 Å². The van der Waals surface area contributed by atoms with Crippen molar-refractivity contribution >= 4 is 0 Å². The van der Waals surface area contributed by atoms with Crippen molar-refractivity contribution < 1.29 is 19.0 Å². The van der Waals surface area contributed by atoms with Crippen LogP contribution in [-0.2, 0) is 0 Å². The van der Waals surface area contributed by atoms with Crippen molar-refractivity contribution in [3.05, 3.63) is 0 Å². The van der Waals surface area contributed by atoms with Gasteiger partial charge in [0.1, 0.15) is 0 Å². The van der Waals surface area contributed by atoms with Gasteiger partial charge in [0.15, 0.2) is 0 Å². The number of fused-ring (bicyclic) bond motifs is 5. The van der Waals surface area contributed by atoms with Crippen LogP contribution in [0.3, 0.4) is 0 Å². The monoisotopic (exact) mass is 342 g/mol. The Morgan fingerprint density at radius 2 is 1.67 bits per heavy atom.